The molecule has 1 N–H and O–H groups in total. The number of benzene rings is 1. The fourth-order valence-electron chi connectivity index (χ4n) is 2.20. The number of nitrogens with one attached hydrogen (secondary N) is 1. The highest BCUT2D eigenvalue weighted by Crippen LogP contribution is 2.27. The van der Waals surface area contributed by atoms with Crippen LogP contribution in [0.2, 0.25) is 0 Å². The van der Waals surface area contributed by atoms with Crippen LogP contribution in [0, 0.1) is 6.92 Å². The molecule has 2 aromatic heterocycles. The van der Waals surface area contributed by atoms with E-state index in [0.717, 1.165) is 11.4 Å². The molecule has 1 atom stereocenters. The van der Waals surface area contributed by atoms with Crippen molar-refractivity contribution in [2.24, 2.45) is 0 Å². The monoisotopic (exact) mass is 284 g/mol. The summed E-state index contributed by atoms with van der Waals surface area (Å²) in [4.78, 5) is 5.33. The topological polar surface area (TPSA) is 42.7 Å². The Morgan fingerprint density at radius 3 is 2.60 bits per heavy atom. The second-order valence-corrected chi connectivity index (χ2v) is 5.67. The summed E-state index contributed by atoms with van der Waals surface area (Å²) in [6.45, 7) is 4.34. The summed E-state index contributed by atoms with van der Waals surface area (Å²) in [6, 6.07) is 10.7. The van der Waals surface area contributed by atoms with Crippen LogP contribution in [-0.2, 0) is 0 Å². The number of aromatic nitrogens is 3. The van der Waals surface area contributed by atoms with Crippen molar-refractivity contribution in [1.29, 1.82) is 0 Å². The van der Waals surface area contributed by atoms with Crippen LogP contribution in [0.3, 0.4) is 0 Å². The fourth-order valence-corrected chi connectivity index (χ4v) is 3.13. The number of rotatable bonds is 4. The molecule has 1 aromatic carbocycles. The molecular weight excluding hydrogens is 268 g/mol. The van der Waals surface area contributed by atoms with Crippen LogP contribution < -0.4 is 5.32 Å². The molecule has 0 aliphatic carbocycles. The Labute approximate surface area is 122 Å². The van der Waals surface area contributed by atoms with Gasteiger partial charge in [0, 0.05) is 10.6 Å². The van der Waals surface area contributed by atoms with Crippen molar-refractivity contribution in [2.75, 3.05) is 5.32 Å². The first-order chi connectivity index (χ1) is 9.74. The highest BCUT2D eigenvalue weighted by Gasteiger charge is 2.09. The minimum Gasteiger partial charge on any atom is -0.378 e. The molecular formula is C15H16N4S. The van der Waals surface area contributed by atoms with E-state index in [-0.39, 0.29) is 0 Å². The van der Waals surface area contributed by atoms with Crippen molar-refractivity contribution in [2.45, 2.75) is 19.9 Å². The molecule has 0 saturated heterocycles. The Hall–Kier alpha value is -2.14. The lowest BCUT2D eigenvalue weighted by Crippen LogP contribution is -2.06. The molecule has 3 aromatic rings. The van der Waals surface area contributed by atoms with E-state index < -0.39 is 0 Å². The molecule has 102 valence electrons. The first-order valence-electron chi connectivity index (χ1n) is 6.49. The third kappa shape index (κ3) is 2.58. The van der Waals surface area contributed by atoms with Crippen LogP contribution in [0.25, 0.3) is 5.69 Å². The maximum atomic E-state index is 4.12. The lowest BCUT2D eigenvalue weighted by Gasteiger charge is -2.15. The minimum absolute atomic E-state index is 0.312. The first kappa shape index (κ1) is 12.9. The predicted octanol–water partition coefficient (Wildman–Crippen LogP) is 3.81. The third-order valence-corrected chi connectivity index (χ3v) is 4.43. The number of nitrogens with zero attached hydrogens (tertiary/aromatic N) is 3. The molecule has 4 nitrogen and oxygen atoms in total. The largest absolute Gasteiger partial charge is 0.378 e. The number of hydrogen-bond donors (Lipinski definition) is 1. The summed E-state index contributed by atoms with van der Waals surface area (Å²) in [6.07, 6.45) is 3.23. The fraction of sp³-hybridized carbons (Fsp3) is 0.200. The first-order valence-corrected chi connectivity index (χ1v) is 7.37. The summed E-state index contributed by atoms with van der Waals surface area (Å²) >= 11 is 1.79. The van der Waals surface area contributed by atoms with E-state index in [1.165, 1.54) is 16.8 Å². The zero-order chi connectivity index (χ0) is 13.9. The van der Waals surface area contributed by atoms with E-state index in [4.69, 9.17) is 0 Å². The van der Waals surface area contributed by atoms with Gasteiger partial charge in [-0.1, -0.05) is 0 Å². The van der Waals surface area contributed by atoms with Gasteiger partial charge in [0.2, 0.25) is 0 Å². The normalized spacial score (nSPS) is 12.3. The maximum Gasteiger partial charge on any atom is 0.138 e. The molecule has 20 heavy (non-hydrogen) atoms. The van der Waals surface area contributed by atoms with Gasteiger partial charge in [0.25, 0.3) is 0 Å². The molecule has 0 radical (unpaired) electrons. The highest BCUT2D eigenvalue weighted by atomic mass is 32.1. The highest BCUT2D eigenvalue weighted by molar-refractivity contribution is 7.10. The van der Waals surface area contributed by atoms with Crippen LogP contribution in [0.5, 0.6) is 0 Å². The number of anilines is 1. The molecule has 2 heterocycles. The third-order valence-electron chi connectivity index (χ3n) is 3.23. The summed E-state index contributed by atoms with van der Waals surface area (Å²) < 4.78 is 1.75. The van der Waals surface area contributed by atoms with Crippen molar-refractivity contribution >= 4 is 17.0 Å². The minimum atomic E-state index is 0.312. The van der Waals surface area contributed by atoms with Crippen LogP contribution in [0.15, 0.2) is 48.4 Å². The Morgan fingerprint density at radius 1 is 1.20 bits per heavy atom. The van der Waals surface area contributed by atoms with Gasteiger partial charge >= 0.3 is 0 Å². The van der Waals surface area contributed by atoms with Gasteiger partial charge in [0.1, 0.15) is 12.7 Å². The average molecular weight is 284 g/mol. The molecule has 3 rings (SSSR count). The molecule has 0 bridgehead atoms. The Balaban J connectivity index is 1.74. The zero-order valence-electron chi connectivity index (χ0n) is 11.4. The van der Waals surface area contributed by atoms with Crippen molar-refractivity contribution < 1.29 is 0 Å². The number of aryl methyl sites for hydroxylation is 1. The van der Waals surface area contributed by atoms with E-state index in [1.807, 2.05) is 12.1 Å². The summed E-state index contributed by atoms with van der Waals surface area (Å²) in [7, 11) is 0. The molecule has 0 aliphatic heterocycles. The molecule has 0 saturated carbocycles. The van der Waals surface area contributed by atoms with Gasteiger partial charge in [-0.2, -0.15) is 5.10 Å². The van der Waals surface area contributed by atoms with E-state index in [0.29, 0.717) is 6.04 Å². The van der Waals surface area contributed by atoms with Crippen molar-refractivity contribution in [3.05, 3.63) is 58.8 Å². The van der Waals surface area contributed by atoms with Crippen molar-refractivity contribution in [1.82, 2.24) is 14.8 Å². The smallest absolute Gasteiger partial charge is 0.138 e. The van der Waals surface area contributed by atoms with Gasteiger partial charge in [-0.15, -0.1) is 11.3 Å². The summed E-state index contributed by atoms with van der Waals surface area (Å²) in [5, 5.41) is 9.77. The van der Waals surface area contributed by atoms with Crippen LogP contribution >= 0.6 is 11.3 Å². The Bertz CT molecular complexity index is 670. The van der Waals surface area contributed by atoms with Crippen molar-refractivity contribution in [3.63, 3.8) is 0 Å². The predicted molar refractivity (Wildman–Crippen MR) is 82.5 cm³/mol. The van der Waals surface area contributed by atoms with Gasteiger partial charge in [-0.05, 0) is 55.1 Å². The van der Waals surface area contributed by atoms with Crippen LogP contribution in [0.1, 0.15) is 23.4 Å². The number of hydrogen-bond acceptors (Lipinski definition) is 4. The van der Waals surface area contributed by atoms with E-state index >= 15 is 0 Å². The van der Waals surface area contributed by atoms with E-state index in [1.54, 1.807) is 22.3 Å². The molecule has 5 heteroatoms. The van der Waals surface area contributed by atoms with Gasteiger partial charge in [-0.3, -0.25) is 0 Å². The van der Waals surface area contributed by atoms with Crippen LogP contribution in [0.4, 0.5) is 5.69 Å². The number of thiophene rings is 1. The molecule has 0 spiro atoms. The summed E-state index contributed by atoms with van der Waals surface area (Å²) in [5.74, 6) is 0. The standard InChI is InChI=1S/C15H16N4S/c1-11-7-8-20-15(11)12(2)18-13-3-5-14(6-4-13)19-10-16-9-17-19/h3-10,12,18H,1-2H3. The van der Waals surface area contributed by atoms with Crippen LogP contribution in [-0.4, -0.2) is 14.8 Å². The molecule has 0 amide bonds. The molecule has 0 fully saturated rings. The Kier molecular flexibility index (Phi) is 3.52. The quantitative estimate of drug-likeness (QED) is 0.792. The second-order valence-electron chi connectivity index (χ2n) is 4.72. The Morgan fingerprint density at radius 2 is 2.00 bits per heavy atom. The average Bonchev–Trinajstić information content (AvgIpc) is 3.10. The summed E-state index contributed by atoms with van der Waals surface area (Å²) in [5.41, 5.74) is 3.46. The SMILES string of the molecule is Cc1ccsc1C(C)Nc1ccc(-n2cncn2)cc1. The lowest BCUT2D eigenvalue weighted by molar-refractivity contribution is 0.876. The lowest BCUT2D eigenvalue weighted by atomic mass is 10.2. The maximum absolute atomic E-state index is 4.12. The van der Waals surface area contributed by atoms with Gasteiger partial charge in [0.15, 0.2) is 0 Å². The van der Waals surface area contributed by atoms with Gasteiger partial charge in [0.05, 0.1) is 11.7 Å². The van der Waals surface area contributed by atoms with E-state index in [2.05, 4.69) is 52.8 Å². The molecule has 0 aliphatic rings. The van der Waals surface area contributed by atoms with Gasteiger partial charge in [-0.25, -0.2) is 9.67 Å². The zero-order valence-corrected chi connectivity index (χ0v) is 12.3. The van der Waals surface area contributed by atoms with E-state index in [9.17, 15) is 0 Å². The van der Waals surface area contributed by atoms with Crippen molar-refractivity contribution in [3.8, 4) is 5.69 Å². The second kappa shape index (κ2) is 5.46. The van der Waals surface area contributed by atoms with Gasteiger partial charge < -0.3 is 5.32 Å². The molecule has 1 unspecified atom stereocenters.